The quantitative estimate of drug-likeness (QED) is 0.196. The first-order chi connectivity index (χ1) is 19.0. The van der Waals surface area contributed by atoms with E-state index in [0.29, 0.717) is 39.6 Å². The van der Waals surface area contributed by atoms with Gasteiger partial charge in [-0.15, -0.1) is 10.2 Å². The van der Waals surface area contributed by atoms with Crippen LogP contribution in [0.5, 0.6) is 5.75 Å². The second kappa shape index (κ2) is 10.5. The monoisotopic (exact) mass is 558 g/mol. The Kier molecular flexibility index (Phi) is 6.76. The number of ether oxygens (including phenoxy) is 1. The number of nitrogens with zero attached hydrogens (tertiary/aromatic N) is 3. The molecule has 6 aromatic rings. The van der Waals surface area contributed by atoms with Gasteiger partial charge < -0.3 is 18.9 Å². The van der Waals surface area contributed by atoms with Gasteiger partial charge in [-0.1, -0.05) is 41.6 Å². The first kappa shape index (κ1) is 25.1. The largest absolute Gasteiger partial charge is 0.495 e. The molecule has 10 heteroatoms. The number of benzene rings is 3. The molecule has 1 amide bonds. The molecule has 6 rings (SSSR count). The molecular weight excluding hydrogens is 536 g/mol. The Balaban J connectivity index is 1.27. The molecule has 0 bridgehead atoms. The Morgan fingerprint density at radius 1 is 1.05 bits per heavy atom. The van der Waals surface area contributed by atoms with Crippen molar-refractivity contribution >= 4 is 56.9 Å². The first-order valence-corrected chi connectivity index (χ1v) is 13.4. The molecule has 1 N–H and O–H groups in total. The summed E-state index contributed by atoms with van der Waals surface area (Å²) in [6.45, 7) is 2.23. The van der Waals surface area contributed by atoms with E-state index in [1.165, 1.54) is 11.8 Å². The maximum atomic E-state index is 13.3. The zero-order valence-corrected chi connectivity index (χ0v) is 22.6. The van der Waals surface area contributed by atoms with Gasteiger partial charge in [-0.05, 0) is 55.5 Å². The SMILES string of the molecule is COc1cc2c(cc1NC(=O)[C@H](C)Sc1nnc(-c3ccc(Cl)cc3)n1Cc1ccco1)oc1ccccc12. The van der Waals surface area contributed by atoms with Gasteiger partial charge >= 0.3 is 0 Å². The summed E-state index contributed by atoms with van der Waals surface area (Å²) in [5.74, 6) is 1.72. The summed E-state index contributed by atoms with van der Waals surface area (Å²) < 4.78 is 19.1. The number of rotatable bonds is 8. The lowest BCUT2D eigenvalue weighted by Gasteiger charge is -2.15. The number of aromatic nitrogens is 3. The molecule has 196 valence electrons. The highest BCUT2D eigenvalue weighted by molar-refractivity contribution is 8.00. The van der Waals surface area contributed by atoms with E-state index in [4.69, 9.17) is 25.2 Å². The van der Waals surface area contributed by atoms with Crippen molar-refractivity contribution in [3.05, 3.63) is 89.8 Å². The molecule has 0 fully saturated rings. The van der Waals surface area contributed by atoms with Crippen LogP contribution in [-0.2, 0) is 11.3 Å². The van der Waals surface area contributed by atoms with Gasteiger partial charge in [0.15, 0.2) is 11.0 Å². The van der Waals surface area contributed by atoms with Gasteiger partial charge in [0.2, 0.25) is 5.91 Å². The lowest BCUT2D eigenvalue weighted by molar-refractivity contribution is -0.115. The summed E-state index contributed by atoms with van der Waals surface area (Å²) >= 11 is 7.39. The molecule has 0 saturated heterocycles. The number of hydrogen-bond acceptors (Lipinski definition) is 7. The van der Waals surface area contributed by atoms with Crippen molar-refractivity contribution in [1.82, 2.24) is 14.8 Å². The highest BCUT2D eigenvalue weighted by Crippen LogP contribution is 2.37. The van der Waals surface area contributed by atoms with Crippen LogP contribution >= 0.6 is 23.4 Å². The number of para-hydroxylation sites is 1. The highest BCUT2D eigenvalue weighted by atomic mass is 35.5. The predicted octanol–water partition coefficient (Wildman–Crippen LogP) is 7.27. The number of halogens is 1. The smallest absolute Gasteiger partial charge is 0.237 e. The maximum Gasteiger partial charge on any atom is 0.237 e. The predicted molar refractivity (Wildman–Crippen MR) is 152 cm³/mol. The summed E-state index contributed by atoms with van der Waals surface area (Å²) in [7, 11) is 1.58. The van der Waals surface area contributed by atoms with Crippen molar-refractivity contribution in [2.45, 2.75) is 23.9 Å². The van der Waals surface area contributed by atoms with E-state index in [-0.39, 0.29) is 5.91 Å². The minimum absolute atomic E-state index is 0.214. The number of furan rings is 2. The van der Waals surface area contributed by atoms with Crippen LogP contribution in [0.1, 0.15) is 12.7 Å². The number of carbonyl (C=O) groups is 1. The van der Waals surface area contributed by atoms with E-state index in [1.54, 1.807) is 31.6 Å². The van der Waals surface area contributed by atoms with E-state index in [2.05, 4.69) is 15.5 Å². The third kappa shape index (κ3) is 4.98. The standard InChI is InChI=1S/C29H23ClN4O4S/c1-17(28(35)31-23-15-25-22(14-26(23)36-2)21-7-3-4-8-24(21)38-25)39-29-33-32-27(18-9-11-19(30)12-10-18)34(29)16-20-6-5-13-37-20/h3-15,17H,16H2,1-2H3,(H,31,35)/t17-/m0/s1. The number of thioether (sulfide) groups is 1. The third-order valence-electron chi connectivity index (χ3n) is 6.32. The number of nitrogens with one attached hydrogen (secondary N) is 1. The van der Waals surface area contributed by atoms with E-state index < -0.39 is 5.25 Å². The van der Waals surface area contributed by atoms with Crippen LogP contribution < -0.4 is 10.1 Å². The second-order valence-corrected chi connectivity index (χ2v) is 10.6. The van der Waals surface area contributed by atoms with Crippen molar-refractivity contribution in [2.24, 2.45) is 0 Å². The van der Waals surface area contributed by atoms with Crippen molar-refractivity contribution < 1.29 is 18.4 Å². The summed E-state index contributed by atoms with van der Waals surface area (Å²) in [6.07, 6.45) is 1.62. The van der Waals surface area contributed by atoms with Crippen LogP contribution in [-0.4, -0.2) is 33.0 Å². The Bertz CT molecular complexity index is 1780. The fraction of sp³-hybridized carbons (Fsp3) is 0.138. The Labute approximate surface area is 232 Å². The molecule has 1 atom stereocenters. The molecule has 39 heavy (non-hydrogen) atoms. The van der Waals surface area contributed by atoms with Crippen LogP contribution in [0, 0.1) is 0 Å². The van der Waals surface area contributed by atoms with Crippen molar-refractivity contribution in [1.29, 1.82) is 0 Å². The molecule has 3 heterocycles. The van der Waals surface area contributed by atoms with Gasteiger partial charge in [-0.25, -0.2) is 0 Å². The Morgan fingerprint density at radius 3 is 2.64 bits per heavy atom. The normalized spacial score (nSPS) is 12.2. The molecule has 0 aliphatic rings. The van der Waals surface area contributed by atoms with E-state index in [0.717, 1.165) is 27.7 Å². The molecule has 3 aromatic heterocycles. The van der Waals surface area contributed by atoms with Crippen LogP contribution in [0.25, 0.3) is 33.3 Å². The van der Waals surface area contributed by atoms with Crippen LogP contribution in [0.3, 0.4) is 0 Å². The summed E-state index contributed by atoms with van der Waals surface area (Å²) in [4.78, 5) is 13.3. The van der Waals surface area contributed by atoms with Crippen LogP contribution in [0.15, 0.2) is 93.1 Å². The Hall–Kier alpha value is -4.21. The van der Waals surface area contributed by atoms with Gasteiger partial charge in [-0.3, -0.25) is 9.36 Å². The van der Waals surface area contributed by atoms with Crippen molar-refractivity contribution in [3.8, 4) is 17.1 Å². The number of anilines is 1. The minimum atomic E-state index is -0.501. The molecule has 0 unspecified atom stereocenters. The molecule has 0 spiro atoms. The summed E-state index contributed by atoms with van der Waals surface area (Å²) in [5.41, 5.74) is 2.82. The summed E-state index contributed by atoms with van der Waals surface area (Å²) in [5, 5.41) is 14.4. The number of fused-ring (bicyclic) bond motifs is 3. The second-order valence-electron chi connectivity index (χ2n) is 8.87. The zero-order chi connectivity index (χ0) is 26.9. The average molecular weight is 559 g/mol. The number of carbonyl (C=O) groups excluding carboxylic acids is 1. The average Bonchev–Trinajstić information content (AvgIpc) is 3.68. The highest BCUT2D eigenvalue weighted by Gasteiger charge is 2.23. The molecule has 8 nitrogen and oxygen atoms in total. The van der Waals surface area contributed by atoms with Gasteiger partial charge in [0.05, 0.1) is 30.9 Å². The number of amides is 1. The maximum absolute atomic E-state index is 13.3. The number of hydrogen-bond donors (Lipinski definition) is 1. The van der Waals surface area contributed by atoms with Gasteiger partial charge in [0.25, 0.3) is 0 Å². The van der Waals surface area contributed by atoms with E-state index in [9.17, 15) is 4.79 Å². The van der Waals surface area contributed by atoms with Crippen molar-refractivity contribution in [3.63, 3.8) is 0 Å². The fourth-order valence-corrected chi connectivity index (χ4v) is 5.33. The fourth-order valence-electron chi connectivity index (χ4n) is 4.35. The molecule has 3 aromatic carbocycles. The van der Waals surface area contributed by atoms with Crippen LogP contribution in [0.2, 0.25) is 5.02 Å². The van der Waals surface area contributed by atoms with Gasteiger partial charge in [-0.2, -0.15) is 0 Å². The molecule has 0 saturated carbocycles. The van der Waals surface area contributed by atoms with E-state index in [1.807, 2.05) is 66.1 Å². The van der Waals surface area contributed by atoms with Crippen LogP contribution in [0.4, 0.5) is 5.69 Å². The molecule has 0 aliphatic heterocycles. The first-order valence-electron chi connectivity index (χ1n) is 12.2. The molecular formula is C29H23ClN4O4S. The van der Waals surface area contributed by atoms with Gasteiger partial charge in [0.1, 0.15) is 22.7 Å². The number of methoxy groups -OCH3 is 1. The van der Waals surface area contributed by atoms with Crippen molar-refractivity contribution in [2.75, 3.05) is 12.4 Å². The zero-order valence-electron chi connectivity index (χ0n) is 21.1. The Morgan fingerprint density at radius 2 is 1.87 bits per heavy atom. The van der Waals surface area contributed by atoms with Gasteiger partial charge in [0, 0.05) is 27.4 Å². The lowest BCUT2D eigenvalue weighted by Crippen LogP contribution is -2.23. The third-order valence-corrected chi connectivity index (χ3v) is 7.65. The lowest BCUT2D eigenvalue weighted by atomic mass is 10.1. The topological polar surface area (TPSA) is 95.3 Å². The van der Waals surface area contributed by atoms with E-state index >= 15 is 0 Å². The molecule has 0 radical (unpaired) electrons. The minimum Gasteiger partial charge on any atom is -0.495 e. The molecule has 0 aliphatic carbocycles. The summed E-state index contributed by atoms with van der Waals surface area (Å²) in [6, 6.07) is 22.6.